The van der Waals surface area contributed by atoms with E-state index in [-0.39, 0.29) is 5.82 Å². The van der Waals surface area contributed by atoms with Crippen LogP contribution in [0.25, 0.3) is 22.0 Å². The number of hydrogen-bond donors (Lipinski definition) is 1. The molecule has 3 aromatic rings. The SMILES string of the molecule is Cn1nc(NS(C)(=O)=O)c2c(Cl)ccc(-c3cncc(C#N)c3)c21. The lowest BCUT2D eigenvalue weighted by atomic mass is 10.0. The Morgan fingerprint density at radius 3 is 2.75 bits per heavy atom. The summed E-state index contributed by atoms with van der Waals surface area (Å²) in [6, 6.07) is 7.19. The van der Waals surface area contributed by atoms with Gasteiger partial charge >= 0.3 is 0 Å². The monoisotopic (exact) mass is 361 g/mol. The fourth-order valence-corrected chi connectivity index (χ4v) is 3.24. The summed E-state index contributed by atoms with van der Waals surface area (Å²) in [7, 11) is -1.81. The molecule has 9 heteroatoms. The number of nitrogens with one attached hydrogen (secondary N) is 1. The Labute approximate surface area is 143 Å². The number of nitriles is 1. The molecule has 0 amide bonds. The van der Waals surface area contributed by atoms with E-state index in [9.17, 15) is 8.42 Å². The molecule has 0 fully saturated rings. The molecule has 0 saturated heterocycles. The summed E-state index contributed by atoms with van der Waals surface area (Å²) in [5.41, 5.74) is 2.53. The van der Waals surface area contributed by atoms with Gasteiger partial charge in [-0.1, -0.05) is 17.7 Å². The minimum atomic E-state index is -3.50. The highest BCUT2D eigenvalue weighted by Crippen LogP contribution is 2.37. The van der Waals surface area contributed by atoms with Crippen LogP contribution in [0.5, 0.6) is 0 Å². The fourth-order valence-electron chi connectivity index (χ4n) is 2.51. The van der Waals surface area contributed by atoms with Gasteiger partial charge in [-0.25, -0.2) is 8.42 Å². The van der Waals surface area contributed by atoms with Crippen molar-refractivity contribution in [2.24, 2.45) is 7.05 Å². The topological polar surface area (TPSA) is 101 Å². The van der Waals surface area contributed by atoms with Crippen LogP contribution < -0.4 is 4.72 Å². The number of aryl methyl sites for hydroxylation is 1. The Bertz CT molecular complexity index is 1100. The number of rotatable bonds is 3. The number of aromatic nitrogens is 3. The highest BCUT2D eigenvalue weighted by atomic mass is 35.5. The smallest absolute Gasteiger partial charge is 0.231 e. The van der Waals surface area contributed by atoms with Gasteiger partial charge in [0.15, 0.2) is 5.82 Å². The molecule has 0 saturated carbocycles. The van der Waals surface area contributed by atoms with Crippen molar-refractivity contribution in [1.29, 1.82) is 5.26 Å². The Morgan fingerprint density at radius 2 is 2.08 bits per heavy atom. The van der Waals surface area contributed by atoms with E-state index in [4.69, 9.17) is 16.9 Å². The van der Waals surface area contributed by atoms with Crippen molar-refractivity contribution in [3.63, 3.8) is 0 Å². The van der Waals surface area contributed by atoms with Crippen molar-refractivity contribution in [3.05, 3.63) is 41.2 Å². The predicted molar refractivity (Wildman–Crippen MR) is 92.1 cm³/mol. The normalized spacial score (nSPS) is 11.4. The molecule has 0 unspecified atom stereocenters. The van der Waals surface area contributed by atoms with E-state index < -0.39 is 10.0 Å². The minimum absolute atomic E-state index is 0.159. The first kappa shape index (κ1) is 16.2. The lowest BCUT2D eigenvalue weighted by molar-refractivity contribution is 0.606. The zero-order valence-corrected chi connectivity index (χ0v) is 14.4. The molecule has 1 N–H and O–H groups in total. The van der Waals surface area contributed by atoms with Crippen LogP contribution in [0.15, 0.2) is 30.6 Å². The average molecular weight is 362 g/mol. The number of nitrogens with zero attached hydrogens (tertiary/aromatic N) is 4. The van der Waals surface area contributed by atoms with Gasteiger partial charge in [-0.2, -0.15) is 10.4 Å². The van der Waals surface area contributed by atoms with Crippen LogP contribution >= 0.6 is 11.6 Å². The number of benzene rings is 1. The molecule has 1 aromatic carbocycles. The standard InChI is InChI=1S/C15H12ClN5O2S/c1-21-14-11(10-5-9(6-17)7-18-8-10)3-4-12(16)13(14)15(19-21)20-24(2,22)23/h3-5,7-8H,1-2H3,(H,19,20). The highest BCUT2D eigenvalue weighted by molar-refractivity contribution is 7.92. The number of sulfonamides is 1. The number of halogens is 1. The van der Waals surface area contributed by atoms with Gasteiger partial charge in [0.2, 0.25) is 10.0 Å². The Hall–Kier alpha value is -2.63. The molecular weight excluding hydrogens is 350 g/mol. The zero-order valence-electron chi connectivity index (χ0n) is 12.8. The number of anilines is 1. The van der Waals surface area contributed by atoms with Crippen LogP contribution in [0, 0.1) is 11.3 Å². The maximum atomic E-state index is 11.6. The summed E-state index contributed by atoms with van der Waals surface area (Å²) < 4.78 is 27.0. The third kappa shape index (κ3) is 2.91. The Balaban J connectivity index is 2.32. The number of fused-ring (bicyclic) bond motifs is 1. The second kappa shape index (κ2) is 5.78. The predicted octanol–water partition coefficient (Wildman–Crippen LogP) is 2.53. The average Bonchev–Trinajstić information content (AvgIpc) is 2.83. The van der Waals surface area contributed by atoms with Gasteiger partial charge in [0.1, 0.15) is 6.07 Å². The molecule has 122 valence electrons. The molecule has 7 nitrogen and oxygen atoms in total. The summed E-state index contributed by atoms with van der Waals surface area (Å²) in [6.45, 7) is 0. The van der Waals surface area contributed by atoms with Gasteiger partial charge in [0.05, 0.1) is 27.7 Å². The molecule has 0 aliphatic carbocycles. The van der Waals surface area contributed by atoms with E-state index in [1.807, 2.05) is 6.07 Å². The van der Waals surface area contributed by atoms with Crippen LogP contribution in [0.4, 0.5) is 5.82 Å². The van der Waals surface area contributed by atoms with Gasteiger partial charge in [-0.3, -0.25) is 14.4 Å². The molecule has 2 heterocycles. The molecule has 0 radical (unpaired) electrons. The fraction of sp³-hybridized carbons (Fsp3) is 0.133. The second-order valence-corrected chi connectivity index (χ2v) is 7.39. The van der Waals surface area contributed by atoms with Gasteiger partial charge in [0.25, 0.3) is 0 Å². The third-order valence-electron chi connectivity index (χ3n) is 3.40. The number of hydrogen-bond acceptors (Lipinski definition) is 5. The van der Waals surface area contributed by atoms with Gasteiger partial charge < -0.3 is 0 Å². The van der Waals surface area contributed by atoms with Crippen molar-refractivity contribution in [2.75, 3.05) is 11.0 Å². The van der Waals surface area contributed by atoms with E-state index in [1.165, 1.54) is 6.20 Å². The van der Waals surface area contributed by atoms with Gasteiger partial charge in [-0.15, -0.1) is 0 Å². The molecule has 0 aliphatic rings. The first-order valence-electron chi connectivity index (χ1n) is 6.78. The summed E-state index contributed by atoms with van der Waals surface area (Å²) in [5.74, 6) is 0.159. The first-order chi connectivity index (χ1) is 11.3. The van der Waals surface area contributed by atoms with Gasteiger partial charge in [0, 0.05) is 30.6 Å². The molecule has 2 aromatic heterocycles. The summed E-state index contributed by atoms with van der Waals surface area (Å²) in [4.78, 5) is 4.06. The van der Waals surface area contributed by atoms with Crippen LogP contribution in [0.2, 0.25) is 5.02 Å². The maximum absolute atomic E-state index is 11.6. The molecule has 0 aliphatic heterocycles. The molecule has 0 spiro atoms. The van der Waals surface area contributed by atoms with E-state index in [2.05, 4.69) is 14.8 Å². The van der Waals surface area contributed by atoms with Crippen molar-refractivity contribution in [2.45, 2.75) is 0 Å². The molecule has 0 atom stereocenters. The Kier molecular flexibility index (Phi) is 3.91. The van der Waals surface area contributed by atoms with Crippen LogP contribution in [-0.4, -0.2) is 29.4 Å². The molecule has 3 rings (SSSR count). The van der Waals surface area contributed by atoms with Gasteiger partial charge in [-0.05, 0) is 12.1 Å². The Morgan fingerprint density at radius 1 is 1.33 bits per heavy atom. The quantitative estimate of drug-likeness (QED) is 0.772. The van der Waals surface area contributed by atoms with Crippen molar-refractivity contribution >= 4 is 38.3 Å². The van der Waals surface area contributed by atoms with Crippen molar-refractivity contribution < 1.29 is 8.42 Å². The van der Waals surface area contributed by atoms with E-state index >= 15 is 0 Å². The molecule has 24 heavy (non-hydrogen) atoms. The second-order valence-electron chi connectivity index (χ2n) is 5.24. The largest absolute Gasteiger partial charge is 0.266 e. The van der Waals surface area contributed by atoms with Crippen LogP contribution in [0.3, 0.4) is 0 Å². The van der Waals surface area contributed by atoms with Crippen molar-refractivity contribution in [1.82, 2.24) is 14.8 Å². The van der Waals surface area contributed by atoms with E-state index in [0.29, 0.717) is 27.1 Å². The maximum Gasteiger partial charge on any atom is 0.231 e. The minimum Gasteiger partial charge on any atom is -0.266 e. The summed E-state index contributed by atoms with van der Waals surface area (Å²) in [6.07, 6.45) is 4.14. The summed E-state index contributed by atoms with van der Waals surface area (Å²) >= 11 is 6.27. The molecular formula is C15H12ClN5O2S. The number of pyridine rings is 1. The van der Waals surface area contributed by atoms with E-state index in [1.54, 1.807) is 36.1 Å². The van der Waals surface area contributed by atoms with Crippen LogP contribution in [0.1, 0.15) is 5.56 Å². The van der Waals surface area contributed by atoms with E-state index in [0.717, 1.165) is 11.8 Å². The summed E-state index contributed by atoms with van der Waals surface area (Å²) in [5, 5.41) is 14.1. The first-order valence-corrected chi connectivity index (χ1v) is 9.05. The lowest BCUT2D eigenvalue weighted by Crippen LogP contribution is -2.10. The third-order valence-corrected chi connectivity index (χ3v) is 4.28. The zero-order chi connectivity index (χ0) is 17.5. The lowest BCUT2D eigenvalue weighted by Gasteiger charge is -2.07. The van der Waals surface area contributed by atoms with Crippen molar-refractivity contribution in [3.8, 4) is 17.2 Å². The molecule has 0 bridgehead atoms. The van der Waals surface area contributed by atoms with Crippen LogP contribution in [-0.2, 0) is 17.1 Å². The highest BCUT2D eigenvalue weighted by Gasteiger charge is 2.19.